The largest absolute Gasteiger partial charge is 0.507 e. The van der Waals surface area contributed by atoms with Gasteiger partial charge in [-0.15, -0.1) is 0 Å². The van der Waals surface area contributed by atoms with Crippen LogP contribution in [0.3, 0.4) is 0 Å². The van der Waals surface area contributed by atoms with E-state index in [1.54, 1.807) is 48.5 Å². The van der Waals surface area contributed by atoms with Gasteiger partial charge in [0.2, 0.25) is 5.78 Å². The summed E-state index contributed by atoms with van der Waals surface area (Å²) in [4.78, 5) is 23.6. The average molecular weight is 332 g/mol. The lowest BCUT2D eigenvalue weighted by Gasteiger charge is -2.05. The number of amides is 1. The molecule has 0 aromatic heterocycles. The Bertz CT molecular complexity index is 736. The standard InChI is InChI=1S/C17H14ClNO4/c1-23-14-8-6-13(7-9-14)19-17(22)16(21)10-15(20)11-2-4-12(18)5-3-11/h2-10,20H,1H3,(H,19,22)/b15-10+. The molecule has 2 rings (SSSR count). The monoisotopic (exact) mass is 331 g/mol. The molecule has 2 N–H and O–H groups in total. The van der Waals surface area contributed by atoms with Gasteiger partial charge in [0.05, 0.1) is 7.11 Å². The van der Waals surface area contributed by atoms with Crippen LogP contribution in [-0.4, -0.2) is 23.9 Å². The molecule has 0 bridgehead atoms. The quantitative estimate of drug-likeness (QED) is 0.500. The van der Waals surface area contributed by atoms with Crippen molar-refractivity contribution in [1.29, 1.82) is 0 Å². The number of ketones is 1. The minimum absolute atomic E-state index is 0.309. The molecular formula is C17H14ClNO4. The average Bonchev–Trinajstić information content (AvgIpc) is 2.56. The van der Waals surface area contributed by atoms with Crippen LogP contribution in [0.4, 0.5) is 5.69 Å². The molecule has 1 amide bonds. The molecule has 0 saturated heterocycles. The molecule has 0 atom stereocenters. The van der Waals surface area contributed by atoms with Crippen LogP contribution < -0.4 is 10.1 Å². The predicted molar refractivity (Wildman–Crippen MR) is 88.7 cm³/mol. The molecule has 2 aromatic carbocycles. The summed E-state index contributed by atoms with van der Waals surface area (Å²) < 4.78 is 5.00. The molecule has 6 heteroatoms. The van der Waals surface area contributed by atoms with Gasteiger partial charge in [0.15, 0.2) is 0 Å². The molecule has 0 radical (unpaired) electrons. The number of halogens is 1. The van der Waals surface area contributed by atoms with Gasteiger partial charge in [-0.2, -0.15) is 0 Å². The first-order valence-corrected chi connectivity index (χ1v) is 7.03. The van der Waals surface area contributed by atoms with Gasteiger partial charge in [0.1, 0.15) is 11.5 Å². The van der Waals surface area contributed by atoms with Crippen LogP contribution in [0, 0.1) is 0 Å². The highest BCUT2D eigenvalue weighted by atomic mass is 35.5. The third kappa shape index (κ3) is 4.59. The Morgan fingerprint density at radius 2 is 1.70 bits per heavy atom. The number of rotatable bonds is 5. The molecular weight excluding hydrogens is 318 g/mol. The Balaban J connectivity index is 2.05. The smallest absolute Gasteiger partial charge is 0.296 e. The van der Waals surface area contributed by atoms with E-state index in [1.165, 1.54) is 7.11 Å². The molecule has 0 aliphatic rings. The molecule has 0 aliphatic carbocycles. The first-order chi connectivity index (χ1) is 11.0. The van der Waals surface area contributed by atoms with Crippen LogP contribution in [0.1, 0.15) is 5.56 Å². The van der Waals surface area contributed by atoms with Crippen LogP contribution in [-0.2, 0) is 9.59 Å². The van der Waals surface area contributed by atoms with Gasteiger partial charge < -0.3 is 15.2 Å². The van der Waals surface area contributed by atoms with E-state index in [2.05, 4.69) is 5.32 Å². The van der Waals surface area contributed by atoms with Gasteiger partial charge in [-0.25, -0.2) is 0 Å². The van der Waals surface area contributed by atoms with Gasteiger partial charge in [0.25, 0.3) is 5.91 Å². The van der Waals surface area contributed by atoms with Crippen molar-refractivity contribution in [3.8, 4) is 5.75 Å². The maximum Gasteiger partial charge on any atom is 0.296 e. The highest BCUT2D eigenvalue weighted by Gasteiger charge is 2.13. The van der Waals surface area contributed by atoms with Crippen molar-refractivity contribution in [2.24, 2.45) is 0 Å². The second kappa shape index (κ2) is 7.47. The molecule has 0 aliphatic heterocycles. The number of hydrogen-bond acceptors (Lipinski definition) is 4. The Kier molecular flexibility index (Phi) is 5.38. The number of nitrogens with one attached hydrogen (secondary N) is 1. The van der Waals surface area contributed by atoms with E-state index in [0.717, 1.165) is 6.08 Å². The molecule has 118 valence electrons. The molecule has 0 spiro atoms. The number of carbonyl (C=O) groups is 2. The van der Waals surface area contributed by atoms with Gasteiger partial charge in [-0.3, -0.25) is 9.59 Å². The van der Waals surface area contributed by atoms with Gasteiger partial charge in [-0.05, 0) is 48.5 Å². The number of aliphatic hydroxyl groups excluding tert-OH is 1. The lowest BCUT2D eigenvalue weighted by atomic mass is 10.1. The van der Waals surface area contributed by atoms with Crippen molar-refractivity contribution in [2.75, 3.05) is 12.4 Å². The van der Waals surface area contributed by atoms with E-state index >= 15 is 0 Å². The maximum absolute atomic E-state index is 11.8. The van der Waals surface area contributed by atoms with Crippen molar-refractivity contribution >= 4 is 34.7 Å². The van der Waals surface area contributed by atoms with Crippen LogP contribution in [0.2, 0.25) is 5.02 Å². The highest BCUT2D eigenvalue weighted by molar-refractivity contribution is 6.45. The lowest BCUT2D eigenvalue weighted by molar-refractivity contribution is -0.131. The first kappa shape index (κ1) is 16.6. The van der Waals surface area contributed by atoms with E-state index in [-0.39, 0.29) is 5.76 Å². The summed E-state index contributed by atoms with van der Waals surface area (Å²) in [5, 5.41) is 12.8. The first-order valence-electron chi connectivity index (χ1n) is 6.65. The SMILES string of the molecule is COc1ccc(NC(=O)C(=O)/C=C(/O)c2ccc(Cl)cc2)cc1. The fraction of sp³-hybridized carbons (Fsp3) is 0.0588. The third-order valence-corrected chi connectivity index (χ3v) is 3.23. The van der Waals surface area contributed by atoms with Crippen molar-refractivity contribution in [2.45, 2.75) is 0 Å². The van der Waals surface area contributed by atoms with E-state index in [1.807, 2.05) is 0 Å². The maximum atomic E-state index is 11.8. The highest BCUT2D eigenvalue weighted by Crippen LogP contribution is 2.17. The summed E-state index contributed by atoms with van der Waals surface area (Å²) in [7, 11) is 1.53. The summed E-state index contributed by atoms with van der Waals surface area (Å²) in [5.74, 6) is -1.39. The van der Waals surface area contributed by atoms with Crippen molar-refractivity contribution in [3.63, 3.8) is 0 Å². The van der Waals surface area contributed by atoms with Crippen molar-refractivity contribution < 1.29 is 19.4 Å². The normalized spacial score (nSPS) is 11.0. The van der Waals surface area contributed by atoms with Crippen LogP contribution >= 0.6 is 11.6 Å². The number of ether oxygens (including phenoxy) is 1. The minimum Gasteiger partial charge on any atom is -0.507 e. The summed E-state index contributed by atoms with van der Waals surface area (Å²) in [5.41, 5.74) is 0.837. The van der Waals surface area contributed by atoms with E-state index < -0.39 is 11.7 Å². The van der Waals surface area contributed by atoms with Crippen molar-refractivity contribution in [3.05, 3.63) is 65.2 Å². The van der Waals surface area contributed by atoms with Gasteiger partial charge in [0, 0.05) is 22.3 Å². The van der Waals surface area contributed by atoms with Gasteiger partial charge in [-0.1, -0.05) is 11.6 Å². The zero-order valence-corrected chi connectivity index (χ0v) is 13.0. The Labute approximate surface area is 138 Å². The Morgan fingerprint density at radius 3 is 2.26 bits per heavy atom. The molecule has 0 unspecified atom stereocenters. The Morgan fingerprint density at radius 1 is 1.09 bits per heavy atom. The predicted octanol–water partition coefficient (Wildman–Crippen LogP) is 3.46. The van der Waals surface area contributed by atoms with Gasteiger partial charge >= 0.3 is 0 Å². The second-order valence-corrected chi connectivity index (χ2v) is 5.02. The molecule has 0 heterocycles. The molecule has 0 fully saturated rings. The van der Waals surface area contributed by atoms with Crippen molar-refractivity contribution in [1.82, 2.24) is 0 Å². The summed E-state index contributed by atoms with van der Waals surface area (Å²) in [6.45, 7) is 0. The topological polar surface area (TPSA) is 75.6 Å². The van der Waals surface area contributed by atoms with Crippen LogP contribution in [0.5, 0.6) is 5.75 Å². The number of anilines is 1. The van der Waals surface area contributed by atoms with E-state index in [4.69, 9.17) is 16.3 Å². The number of benzene rings is 2. The number of carbonyl (C=O) groups excluding carboxylic acids is 2. The molecule has 5 nitrogen and oxygen atoms in total. The van der Waals surface area contributed by atoms with Crippen LogP contribution in [0.25, 0.3) is 5.76 Å². The summed E-state index contributed by atoms with van der Waals surface area (Å²) in [6.07, 6.45) is 0.863. The minimum atomic E-state index is -0.867. The molecule has 0 saturated carbocycles. The zero-order valence-electron chi connectivity index (χ0n) is 12.2. The summed E-state index contributed by atoms with van der Waals surface area (Å²) in [6, 6.07) is 12.7. The second-order valence-electron chi connectivity index (χ2n) is 4.58. The molecule has 23 heavy (non-hydrogen) atoms. The van der Waals surface area contributed by atoms with E-state index in [9.17, 15) is 14.7 Å². The fourth-order valence-corrected chi connectivity index (χ4v) is 1.89. The summed E-state index contributed by atoms with van der Waals surface area (Å²) >= 11 is 5.74. The number of aliphatic hydroxyl groups is 1. The third-order valence-electron chi connectivity index (χ3n) is 2.98. The molecule has 2 aromatic rings. The number of hydrogen-bond donors (Lipinski definition) is 2. The Hall–Kier alpha value is -2.79. The van der Waals surface area contributed by atoms with Crippen LogP contribution in [0.15, 0.2) is 54.6 Å². The fourth-order valence-electron chi connectivity index (χ4n) is 1.76. The zero-order chi connectivity index (χ0) is 16.8. The van der Waals surface area contributed by atoms with E-state index in [0.29, 0.717) is 22.0 Å². The number of methoxy groups -OCH3 is 1. The lowest BCUT2D eigenvalue weighted by Crippen LogP contribution is -2.21.